The number of aromatic nitrogens is 2. The van der Waals surface area contributed by atoms with E-state index in [0.717, 1.165) is 22.2 Å². The number of fused-ring (bicyclic) bond motifs is 1. The molecule has 4 aromatic rings. The third-order valence-corrected chi connectivity index (χ3v) is 3.79. The molecule has 0 radical (unpaired) electrons. The van der Waals surface area contributed by atoms with Gasteiger partial charge in [-0.05, 0) is 42.5 Å². The van der Waals surface area contributed by atoms with E-state index in [1.165, 1.54) is 0 Å². The summed E-state index contributed by atoms with van der Waals surface area (Å²) in [6.45, 7) is -0.179. The van der Waals surface area contributed by atoms with Crippen LogP contribution in [0.3, 0.4) is 0 Å². The molecule has 0 amide bonds. The Morgan fingerprint density at radius 1 is 1.00 bits per heavy atom. The van der Waals surface area contributed by atoms with Crippen molar-refractivity contribution >= 4 is 22.4 Å². The summed E-state index contributed by atoms with van der Waals surface area (Å²) in [4.78, 5) is 9.25. The van der Waals surface area contributed by atoms with E-state index >= 15 is 0 Å². The first kappa shape index (κ1) is 15.9. The SMILES string of the molecule is OCC#Cc1ccc2nc(-c3ccco3)nc(Nc3ccccc3)c2c1. The summed E-state index contributed by atoms with van der Waals surface area (Å²) in [6.07, 6.45) is 1.60. The number of hydrogen-bond donors (Lipinski definition) is 2. The molecule has 2 heterocycles. The van der Waals surface area contributed by atoms with Crippen LogP contribution in [-0.2, 0) is 0 Å². The van der Waals surface area contributed by atoms with Crippen LogP contribution >= 0.6 is 0 Å². The fourth-order valence-corrected chi connectivity index (χ4v) is 2.62. The number of aliphatic hydroxyl groups excluding tert-OH is 1. The summed E-state index contributed by atoms with van der Waals surface area (Å²) in [5.74, 6) is 7.36. The van der Waals surface area contributed by atoms with Crippen LogP contribution in [0.4, 0.5) is 11.5 Å². The normalized spacial score (nSPS) is 10.3. The second-order valence-corrected chi connectivity index (χ2v) is 5.56. The van der Waals surface area contributed by atoms with E-state index in [2.05, 4.69) is 27.1 Å². The third-order valence-electron chi connectivity index (χ3n) is 3.79. The van der Waals surface area contributed by atoms with Gasteiger partial charge in [-0.2, -0.15) is 0 Å². The minimum absolute atomic E-state index is 0.179. The number of para-hydroxylation sites is 1. The molecule has 0 bridgehead atoms. The first-order chi connectivity index (χ1) is 12.8. The largest absolute Gasteiger partial charge is 0.461 e. The summed E-state index contributed by atoms with van der Waals surface area (Å²) in [6, 6.07) is 19.1. The number of benzene rings is 2. The average Bonchev–Trinajstić information content (AvgIpc) is 3.22. The molecule has 126 valence electrons. The molecule has 0 aliphatic carbocycles. The molecule has 2 N–H and O–H groups in total. The Labute approximate surface area is 150 Å². The van der Waals surface area contributed by atoms with Crippen LogP contribution in [0.25, 0.3) is 22.5 Å². The van der Waals surface area contributed by atoms with Crippen molar-refractivity contribution in [3.63, 3.8) is 0 Å². The van der Waals surface area contributed by atoms with Crippen LogP contribution in [0.2, 0.25) is 0 Å². The van der Waals surface area contributed by atoms with Gasteiger partial charge in [-0.25, -0.2) is 9.97 Å². The summed E-state index contributed by atoms with van der Waals surface area (Å²) >= 11 is 0. The summed E-state index contributed by atoms with van der Waals surface area (Å²) < 4.78 is 5.45. The number of rotatable bonds is 3. The Morgan fingerprint density at radius 3 is 2.65 bits per heavy atom. The summed E-state index contributed by atoms with van der Waals surface area (Å²) in [5, 5.41) is 13.1. The topological polar surface area (TPSA) is 71.2 Å². The van der Waals surface area contributed by atoms with Gasteiger partial charge in [0.25, 0.3) is 0 Å². The molecule has 2 aromatic carbocycles. The second kappa shape index (κ2) is 7.09. The molecule has 0 atom stereocenters. The zero-order valence-corrected chi connectivity index (χ0v) is 13.8. The Balaban J connectivity index is 1.88. The van der Waals surface area contributed by atoms with Crippen LogP contribution in [-0.4, -0.2) is 21.7 Å². The van der Waals surface area contributed by atoms with Crippen molar-refractivity contribution in [1.29, 1.82) is 0 Å². The monoisotopic (exact) mass is 341 g/mol. The molecule has 0 fully saturated rings. The highest BCUT2D eigenvalue weighted by Gasteiger charge is 2.12. The van der Waals surface area contributed by atoms with E-state index in [1.807, 2.05) is 54.6 Å². The van der Waals surface area contributed by atoms with Gasteiger partial charge in [0, 0.05) is 16.6 Å². The minimum Gasteiger partial charge on any atom is -0.461 e. The molecule has 0 saturated heterocycles. The van der Waals surface area contributed by atoms with Gasteiger partial charge in [-0.15, -0.1) is 0 Å². The standard InChI is InChI=1S/C21H15N3O2/c25-12-4-6-15-10-11-18-17(14-15)20(22-16-7-2-1-3-8-16)24-21(23-18)19-9-5-13-26-19/h1-3,5,7-11,13-14,25H,12H2,(H,22,23,24). The first-order valence-corrected chi connectivity index (χ1v) is 8.11. The van der Waals surface area contributed by atoms with Crippen molar-refractivity contribution in [3.05, 3.63) is 72.5 Å². The summed E-state index contributed by atoms with van der Waals surface area (Å²) in [5.41, 5.74) is 2.49. The Hall–Kier alpha value is -3.62. The Morgan fingerprint density at radius 2 is 1.88 bits per heavy atom. The van der Waals surface area contributed by atoms with Gasteiger partial charge in [-0.1, -0.05) is 30.0 Å². The van der Waals surface area contributed by atoms with E-state index in [4.69, 9.17) is 9.52 Å². The number of hydrogen-bond acceptors (Lipinski definition) is 5. The minimum atomic E-state index is -0.179. The van der Waals surface area contributed by atoms with Gasteiger partial charge >= 0.3 is 0 Å². The molecule has 4 rings (SSSR count). The fraction of sp³-hybridized carbons (Fsp3) is 0.0476. The van der Waals surface area contributed by atoms with Crippen LogP contribution in [0.15, 0.2) is 71.3 Å². The van der Waals surface area contributed by atoms with Gasteiger partial charge in [0.1, 0.15) is 12.4 Å². The molecule has 26 heavy (non-hydrogen) atoms. The number of nitrogens with one attached hydrogen (secondary N) is 1. The van der Waals surface area contributed by atoms with Crippen LogP contribution in [0.5, 0.6) is 0 Å². The zero-order valence-electron chi connectivity index (χ0n) is 13.8. The van der Waals surface area contributed by atoms with Gasteiger partial charge in [0.05, 0.1) is 11.8 Å². The number of furan rings is 1. The highest BCUT2D eigenvalue weighted by atomic mass is 16.3. The average molecular weight is 341 g/mol. The zero-order chi connectivity index (χ0) is 17.8. The lowest BCUT2D eigenvalue weighted by Crippen LogP contribution is -1.99. The van der Waals surface area contributed by atoms with Crippen molar-refractivity contribution in [2.75, 3.05) is 11.9 Å². The van der Waals surface area contributed by atoms with Gasteiger partial charge in [-0.3, -0.25) is 0 Å². The van der Waals surface area contributed by atoms with Crippen LogP contribution < -0.4 is 5.32 Å². The second-order valence-electron chi connectivity index (χ2n) is 5.56. The molecule has 0 aliphatic rings. The van der Waals surface area contributed by atoms with Crippen molar-refractivity contribution in [3.8, 4) is 23.4 Å². The Kier molecular flexibility index (Phi) is 4.33. The van der Waals surface area contributed by atoms with Crippen molar-refractivity contribution in [2.24, 2.45) is 0 Å². The number of aliphatic hydroxyl groups is 1. The molecule has 5 nitrogen and oxygen atoms in total. The maximum Gasteiger partial charge on any atom is 0.198 e. The van der Waals surface area contributed by atoms with E-state index in [-0.39, 0.29) is 6.61 Å². The molecule has 0 aliphatic heterocycles. The van der Waals surface area contributed by atoms with Crippen LogP contribution in [0.1, 0.15) is 5.56 Å². The third kappa shape index (κ3) is 3.27. The van der Waals surface area contributed by atoms with E-state index in [1.54, 1.807) is 12.3 Å². The summed E-state index contributed by atoms with van der Waals surface area (Å²) in [7, 11) is 0. The van der Waals surface area contributed by atoms with Gasteiger partial charge in [0.2, 0.25) is 0 Å². The number of nitrogens with zero attached hydrogens (tertiary/aromatic N) is 2. The lowest BCUT2D eigenvalue weighted by Gasteiger charge is -2.10. The predicted molar refractivity (Wildman–Crippen MR) is 101 cm³/mol. The maximum absolute atomic E-state index is 8.91. The van der Waals surface area contributed by atoms with Crippen LogP contribution in [0, 0.1) is 11.8 Å². The maximum atomic E-state index is 8.91. The van der Waals surface area contributed by atoms with Gasteiger partial charge in [0.15, 0.2) is 11.6 Å². The lowest BCUT2D eigenvalue weighted by molar-refractivity contribution is 0.350. The van der Waals surface area contributed by atoms with Crippen molar-refractivity contribution in [2.45, 2.75) is 0 Å². The molecule has 5 heteroatoms. The lowest BCUT2D eigenvalue weighted by atomic mass is 10.1. The first-order valence-electron chi connectivity index (χ1n) is 8.11. The van der Waals surface area contributed by atoms with E-state index in [9.17, 15) is 0 Å². The van der Waals surface area contributed by atoms with Crippen molar-refractivity contribution in [1.82, 2.24) is 9.97 Å². The predicted octanol–water partition coefficient (Wildman–Crippen LogP) is 3.98. The molecule has 0 unspecified atom stereocenters. The molecular formula is C21H15N3O2. The molecule has 0 saturated carbocycles. The van der Waals surface area contributed by atoms with Crippen molar-refractivity contribution < 1.29 is 9.52 Å². The molecule has 0 spiro atoms. The highest BCUT2D eigenvalue weighted by molar-refractivity contribution is 5.93. The molecule has 2 aromatic heterocycles. The Bertz CT molecular complexity index is 1090. The van der Waals surface area contributed by atoms with E-state index < -0.39 is 0 Å². The smallest absolute Gasteiger partial charge is 0.198 e. The fourth-order valence-electron chi connectivity index (χ4n) is 2.62. The molecular weight excluding hydrogens is 326 g/mol. The van der Waals surface area contributed by atoms with Gasteiger partial charge < -0.3 is 14.8 Å². The quantitative estimate of drug-likeness (QED) is 0.552. The number of anilines is 2. The van der Waals surface area contributed by atoms with E-state index in [0.29, 0.717) is 17.4 Å². The highest BCUT2D eigenvalue weighted by Crippen LogP contribution is 2.28.